The highest BCUT2D eigenvalue weighted by Gasteiger charge is 2.58. The Morgan fingerprint density at radius 1 is 1.29 bits per heavy atom. The number of nitrogens with zero attached hydrogens (tertiary/aromatic N) is 3. The molecule has 1 saturated carbocycles. The predicted molar refractivity (Wildman–Crippen MR) is 60.4 cm³/mol. The molecule has 0 aromatic carbocycles. The summed E-state index contributed by atoms with van der Waals surface area (Å²) in [5, 5.41) is 20.6. The van der Waals surface area contributed by atoms with Crippen molar-refractivity contribution < 1.29 is 4.79 Å². The Bertz CT molecular complexity index is 370. The van der Waals surface area contributed by atoms with E-state index in [9.17, 15) is 4.79 Å². The molecule has 1 heterocycles. The molecule has 0 bridgehead atoms. The van der Waals surface area contributed by atoms with Crippen molar-refractivity contribution in [1.29, 1.82) is 10.5 Å². The molecule has 17 heavy (non-hydrogen) atoms. The third kappa shape index (κ3) is 2.25. The summed E-state index contributed by atoms with van der Waals surface area (Å²) in [5.41, 5.74) is 0.172. The van der Waals surface area contributed by atoms with E-state index in [2.05, 4.69) is 5.32 Å². The van der Waals surface area contributed by atoms with E-state index in [4.69, 9.17) is 10.5 Å². The monoisotopic (exact) mass is 232 g/mol. The fourth-order valence-corrected chi connectivity index (χ4v) is 2.78. The molecular formula is C12H16N4O. The highest BCUT2D eigenvalue weighted by atomic mass is 16.2. The van der Waals surface area contributed by atoms with Gasteiger partial charge in [0.15, 0.2) is 0 Å². The molecule has 2 aliphatic rings. The van der Waals surface area contributed by atoms with Gasteiger partial charge in [0.2, 0.25) is 5.91 Å². The molecule has 90 valence electrons. The van der Waals surface area contributed by atoms with Gasteiger partial charge in [0.05, 0.1) is 12.1 Å². The van der Waals surface area contributed by atoms with Crippen molar-refractivity contribution in [3.63, 3.8) is 0 Å². The van der Waals surface area contributed by atoms with Crippen LogP contribution >= 0.6 is 0 Å². The minimum absolute atomic E-state index is 0.00463. The Morgan fingerprint density at radius 3 is 2.41 bits per heavy atom. The van der Waals surface area contributed by atoms with Gasteiger partial charge in [0.25, 0.3) is 0 Å². The van der Waals surface area contributed by atoms with Crippen molar-refractivity contribution in [2.75, 3.05) is 26.2 Å². The second-order valence-corrected chi connectivity index (χ2v) is 4.88. The van der Waals surface area contributed by atoms with E-state index >= 15 is 0 Å². The number of hydrogen-bond acceptors (Lipinski definition) is 4. The minimum atomic E-state index is -0.00463. The number of hydrogen-bond donors (Lipinski definition) is 1. The fraction of sp³-hybridized carbons (Fsp3) is 0.750. The summed E-state index contributed by atoms with van der Waals surface area (Å²) in [6.45, 7) is 2.00. The van der Waals surface area contributed by atoms with Crippen LogP contribution in [0.4, 0.5) is 0 Å². The van der Waals surface area contributed by atoms with Crippen LogP contribution in [0, 0.1) is 34.0 Å². The molecule has 1 spiro atoms. The average molecular weight is 232 g/mol. The summed E-state index contributed by atoms with van der Waals surface area (Å²) in [7, 11) is 0. The maximum atomic E-state index is 12.2. The summed E-state index contributed by atoms with van der Waals surface area (Å²) >= 11 is 0. The molecule has 1 unspecified atom stereocenters. The van der Waals surface area contributed by atoms with Crippen molar-refractivity contribution in [1.82, 2.24) is 10.2 Å². The molecule has 5 heteroatoms. The van der Waals surface area contributed by atoms with Crippen LogP contribution in [0.3, 0.4) is 0 Å². The van der Waals surface area contributed by atoms with Gasteiger partial charge in [-0.15, -0.1) is 0 Å². The summed E-state index contributed by atoms with van der Waals surface area (Å²) in [6, 6.07) is 3.90. The lowest BCUT2D eigenvalue weighted by Gasteiger charge is -2.24. The molecule has 2 rings (SSSR count). The summed E-state index contributed by atoms with van der Waals surface area (Å²) in [6.07, 6.45) is 3.01. The van der Waals surface area contributed by atoms with Crippen LogP contribution in [-0.2, 0) is 4.79 Å². The normalized spacial score (nSPS) is 24.7. The zero-order chi connectivity index (χ0) is 12.3. The molecule has 5 nitrogen and oxygen atoms in total. The Balaban J connectivity index is 1.97. The SMILES string of the molecule is N#CCN(CC#N)C(=O)C1CC12CCNCC2. The van der Waals surface area contributed by atoms with Crippen molar-refractivity contribution in [3.05, 3.63) is 0 Å². The van der Waals surface area contributed by atoms with Gasteiger partial charge in [-0.3, -0.25) is 4.79 Å². The number of amides is 1. The third-order valence-corrected chi connectivity index (χ3v) is 3.92. The van der Waals surface area contributed by atoms with Crippen molar-refractivity contribution in [2.45, 2.75) is 19.3 Å². The lowest BCUT2D eigenvalue weighted by molar-refractivity contribution is -0.132. The van der Waals surface area contributed by atoms with E-state index in [0.717, 1.165) is 32.4 Å². The molecule has 1 N–H and O–H groups in total. The smallest absolute Gasteiger partial charge is 0.227 e. The lowest BCUT2D eigenvalue weighted by atomic mass is 9.91. The molecule has 1 atom stereocenters. The van der Waals surface area contributed by atoms with Gasteiger partial charge in [-0.25, -0.2) is 0 Å². The van der Waals surface area contributed by atoms with Gasteiger partial charge >= 0.3 is 0 Å². The van der Waals surface area contributed by atoms with Crippen molar-refractivity contribution in [3.8, 4) is 12.1 Å². The van der Waals surface area contributed by atoms with E-state index < -0.39 is 0 Å². The number of carbonyl (C=O) groups excluding carboxylic acids is 1. The highest BCUT2D eigenvalue weighted by molar-refractivity contribution is 5.83. The van der Waals surface area contributed by atoms with Crippen LogP contribution < -0.4 is 5.32 Å². The Kier molecular flexibility index (Phi) is 3.31. The molecule has 1 amide bonds. The second-order valence-electron chi connectivity index (χ2n) is 4.88. The zero-order valence-corrected chi connectivity index (χ0v) is 9.78. The highest BCUT2D eigenvalue weighted by Crippen LogP contribution is 2.59. The van der Waals surface area contributed by atoms with E-state index in [-0.39, 0.29) is 30.3 Å². The van der Waals surface area contributed by atoms with E-state index in [1.54, 1.807) is 0 Å². The molecular weight excluding hydrogens is 216 g/mol. The largest absolute Gasteiger partial charge is 0.317 e. The van der Waals surface area contributed by atoms with Crippen LogP contribution in [0.15, 0.2) is 0 Å². The Hall–Kier alpha value is -1.59. The summed E-state index contributed by atoms with van der Waals surface area (Å²) in [4.78, 5) is 13.5. The van der Waals surface area contributed by atoms with E-state index in [0.29, 0.717) is 0 Å². The summed E-state index contributed by atoms with van der Waals surface area (Å²) < 4.78 is 0. The number of carbonyl (C=O) groups is 1. The molecule has 0 aromatic heterocycles. The first-order chi connectivity index (χ1) is 8.23. The van der Waals surface area contributed by atoms with E-state index in [1.165, 1.54) is 4.90 Å². The van der Waals surface area contributed by atoms with Gasteiger partial charge in [-0.2, -0.15) is 10.5 Å². The standard InChI is InChI=1S/C12H16N4O/c13-3-7-16(8-4-14)11(17)10-9-12(10)1-5-15-6-2-12/h10,15H,1-2,5-9H2. The van der Waals surface area contributed by atoms with Crippen LogP contribution in [0.5, 0.6) is 0 Å². The quantitative estimate of drug-likeness (QED) is 0.707. The topological polar surface area (TPSA) is 79.9 Å². The van der Waals surface area contributed by atoms with E-state index in [1.807, 2.05) is 12.1 Å². The van der Waals surface area contributed by atoms with Gasteiger partial charge < -0.3 is 10.2 Å². The van der Waals surface area contributed by atoms with Gasteiger partial charge in [0.1, 0.15) is 13.1 Å². The van der Waals surface area contributed by atoms with Crippen LogP contribution in [0.2, 0.25) is 0 Å². The van der Waals surface area contributed by atoms with Crippen LogP contribution in [0.1, 0.15) is 19.3 Å². The molecule has 0 aromatic rings. The van der Waals surface area contributed by atoms with Gasteiger partial charge in [0, 0.05) is 5.92 Å². The minimum Gasteiger partial charge on any atom is -0.317 e. The molecule has 1 aliphatic carbocycles. The Morgan fingerprint density at radius 2 is 1.88 bits per heavy atom. The number of piperidine rings is 1. The molecule has 2 fully saturated rings. The van der Waals surface area contributed by atoms with Gasteiger partial charge in [-0.1, -0.05) is 0 Å². The average Bonchev–Trinajstić information content (AvgIpc) is 3.03. The molecule has 1 saturated heterocycles. The number of rotatable bonds is 3. The first kappa shape index (κ1) is 11.9. The maximum Gasteiger partial charge on any atom is 0.227 e. The lowest BCUT2D eigenvalue weighted by Crippen LogP contribution is -2.37. The maximum absolute atomic E-state index is 12.2. The Labute approximate surface area is 101 Å². The number of nitrogens with one attached hydrogen (secondary N) is 1. The third-order valence-electron chi connectivity index (χ3n) is 3.92. The zero-order valence-electron chi connectivity index (χ0n) is 9.78. The predicted octanol–water partition coefficient (Wildman–Crippen LogP) is 0.252. The first-order valence-corrected chi connectivity index (χ1v) is 5.97. The molecule has 1 aliphatic heterocycles. The fourth-order valence-electron chi connectivity index (χ4n) is 2.78. The van der Waals surface area contributed by atoms with Gasteiger partial charge in [-0.05, 0) is 37.8 Å². The second kappa shape index (κ2) is 4.73. The molecule has 0 radical (unpaired) electrons. The number of nitriles is 2. The van der Waals surface area contributed by atoms with Crippen LogP contribution in [0.25, 0.3) is 0 Å². The van der Waals surface area contributed by atoms with Crippen LogP contribution in [-0.4, -0.2) is 37.0 Å². The van der Waals surface area contributed by atoms with Crippen molar-refractivity contribution in [2.24, 2.45) is 11.3 Å². The summed E-state index contributed by atoms with van der Waals surface area (Å²) in [5.74, 6) is 0.0429. The first-order valence-electron chi connectivity index (χ1n) is 5.97. The van der Waals surface area contributed by atoms with Crippen molar-refractivity contribution >= 4 is 5.91 Å².